The molecule has 0 saturated carbocycles. The average Bonchev–Trinajstić information content (AvgIpc) is 3.38. The van der Waals surface area contributed by atoms with Crippen molar-refractivity contribution in [2.24, 2.45) is 6.98 Å². The van der Waals surface area contributed by atoms with E-state index in [0.717, 1.165) is 47.1 Å². The van der Waals surface area contributed by atoms with E-state index in [1.54, 1.807) is 6.20 Å². The first-order chi connectivity index (χ1) is 13.8. The van der Waals surface area contributed by atoms with Gasteiger partial charge in [0.2, 0.25) is 0 Å². The Hall–Kier alpha value is -2.60. The molecule has 1 aliphatic heterocycles. The molecule has 1 aliphatic rings. The molecule has 2 aromatic heterocycles. The maximum Gasteiger partial charge on any atom is 0.157 e. The van der Waals surface area contributed by atoms with E-state index < -0.39 is 6.98 Å². The molecule has 1 saturated heterocycles. The van der Waals surface area contributed by atoms with Crippen molar-refractivity contribution in [3.05, 3.63) is 42.6 Å². The quantitative estimate of drug-likeness (QED) is 0.706. The maximum atomic E-state index is 12.6. The molecular weight excluding hydrogens is 326 g/mol. The molecule has 0 spiro atoms. The summed E-state index contributed by atoms with van der Waals surface area (Å²) in [5, 5.41) is 4.79. The number of hydrogen-bond acceptors (Lipinski definition) is 5. The predicted octanol–water partition coefficient (Wildman–Crippen LogP) is 2.63. The van der Waals surface area contributed by atoms with Gasteiger partial charge in [-0.25, -0.2) is 9.97 Å². The Kier molecular flexibility index (Phi) is 3.63. The van der Waals surface area contributed by atoms with Gasteiger partial charge in [-0.05, 0) is 44.5 Å². The van der Waals surface area contributed by atoms with Crippen LogP contribution in [-0.2, 0) is 18.2 Å². The molecule has 4 rings (SSSR count). The van der Waals surface area contributed by atoms with Crippen LogP contribution in [0.4, 0.5) is 0 Å². The van der Waals surface area contributed by atoms with E-state index in [-0.39, 0.29) is 18.2 Å². The zero-order valence-electron chi connectivity index (χ0n) is 17.7. The molecule has 0 bridgehead atoms. The summed E-state index contributed by atoms with van der Waals surface area (Å²) in [6.07, 6.45) is 7.24. The molecular formula is C20H23N5O. The van der Waals surface area contributed by atoms with Crippen molar-refractivity contribution < 1.29 is 8.91 Å². The molecule has 0 aliphatic carbocycles. The predicted molar refractivity (Wildman–Crippen MR) is 101 cm³/mol. The number of hydrogen-bond donors (Lipinski definition) is 0. The zero-order valence-corrected chi connectivity index (χ0v) is 14.7. The van der Waals surface area contributed by atoms with Gasteiger partial charge in [-0.1, -0.05) is 12.1 Å². The highest BCUT2D eigenvalue weighted by Gasteiger charge is 2.24. The minimum absolute atomic E-state index is 0.117. The third-order valence-corrected chi connectivity index (χ3v) is 5.04. The lowest BCUT2D eigenvalue weighted by molar-refractivity contribution is -0.122. The molecule has 6 heteroatoms. The Morgan fingerprint density at radius 2 is 2.12 bits per heavy atom. The van der Waals surface area contributed by atoms with Crippen LogP contribution in [0.3, 0.4) is 0 Å². The van der Waals surface area contributed by atoms with E-state index in [1.807, 2.05) is 25.1 Å². The molecule has 3 aromatic rings. The van der Waals surface area contributed by atoms with Crippen LogP contribution < -0.4 is 0 Å². The third kappa shape index (κ3) is 3.37. The van der Waals surface area contributed by atoms with Crippen LogP contribution >= 0.6 is 0 Å². The fourth-order valence-electron chi connectivity index (χ4n) is 3.43. The van der Waals surface area contributed by atoms with E-state index in [1.165, 1.54) is 12.4 Å². The number of Topliss-reactive ketones (excluding diaryl/α,β-unsaturated/α-hetero) is 1. The molecule has 134 valence electrons. The van der Waals surface area contributed by atoms with Gasteiger partial charge in [0.1, 0.15) is 5.82 Å². The lowest BCUT2D eigenvalue weighted by Crippen LogP contribution is -2.37. The Labute approximate surface area is 157 Å². The summed E-state index contributed by atoms with van der Waals surface area (Å²) in [6.45, 7) is 1.59. The minimum Gasteiger partial charge on any atom is -0.297 e. The van der Waals surface area contributed by atoms with Gasteiger partial charge in [0.05, 0.1) is 24.2 Å². The summed E-state index contributed by atoms with van der Waals surface area (Å²) in [7, 11) is 0. The third-order valence-electron chi connectivity index (χ3n) is 5.04. The van der Waals surface area contributed by atoms with E-state index in [0.29, 0.717) is 11.4 Å². The average molecular weight is 352 g/mol. The van der Waals surface area contributed by atoms with E-state index in [4.69, 9.17) is 4.11 Å². The van der Waals surface area contributed by atoms with Crippen LogP contribution in [0.25, 0.3) is 22.0 Å². The van der Waals surface area contributed by atoms with Crippen molar-refractivity contribution in [2.45, 2.75) is 32.2 Å². The summed E-state index contributed by atoms with van der Waals surface area (Å²) in [5.41, 5.74) is 2.23. The fourth-order valence-corrected chi connectivity index (χ4v) is 3.43. The highest BCUT2D eigenvalue weighted by Crippen LogP contribution is 2.23. The number of nitrogens with zero attached hydrogens (tertiary/aromatic N) is 5. The van der Waals surface area contributed by atoms with Crippen molar-refractivity contribution in [1.29, 1.82) is 0 Å². The highest BCUT2D eigenvalue weighted by molar-refractivity contribution is 5.86. The van der Waals surface area contributed by atoms with E-state index in [2.05, 4.69) is 20.0 Å². The first kappa shape index (κ1) is 13.6. The summed E-state index contributed by atoms with van der Waals surface area (Å²) < 4.78 is 23.3. The zero-order chi connectivity index (χ0) is 20.6. The number of carbonyl (C=O) groups is 1. The van der Waals surface area contributed by atoms with Gasteiger partial charge >= 0.3 is 0 Å². The van der Waals surface area contributed by atoms with Crippen LogP contribution in [0, 0.1) is 0 Å². The molecule has 1 fully saturated rings. The largest absolute Gasteiger partial charge is 0.297 e. The molecule has 0 N–H and O–H groups in total. The topological polar surface area (TPSA) is 63.9 Å². The molecule has 0 amide bonds. The van der Waals surface area contributed by atoms with Gasteiger partial charge in [0, 0.05) is 34.4 Å². The SMILES string of the molecule is [2H]C([2H])([2H])n1cc(-c2ccc3cnc(CC(=O)[C@H](C)N4CCCC4)nc3c2)cn1. The number of likely N-dealkylation sites (tertiary alicyclic amines) is 1. The number of aryl methyl sites for hydroxylation is 1. The number of carbonyl (C=O) groups excluding carboxylic acids is 1. The van der Waals surface area contributed by atoms with Crippen molar-refractivity contribution in [3.8, 4) is 11.1 Å². The number of ketones is 1. The van der Waals surface area contributed by atoms with Gasteiger partial charge in [-0.3, -0.25) is 14.4 Å². The van der Waals surface area contributed by atoms with Crippen LogP contribution in [0.15, 0.2) is 36.8 Å². The van der Waals surface area contributed by atoms with Gasteiger partial charge in [-0.2, -0.15) is 5.10 Å². The van der Waals surface area contributed by atoms with Crippen molar-refractivity contribution >= 4 is 16.7 Å². The summed E-state index contributed by atoms with van der Waals surface area (Å²) in [4.78, 5) is 23.8. The Balaban J connectivity index is 1.56. The lowest BCUT2D eigenvalue weighted by atomic mass is 10.1. The lowest BCUT2D eigenvalue weighted by Gasteiger charge is -2.22. The smallest absolute Gasteiger partial charge is 0.157 e. The second-order valence-electron chi connectivity index (χ2n) is 6.80. The molecule has 1 aromatic carbocycles. The van der Waals surface area contributed by atoms with Crippen LogP contribution in [0.1, 0.15) is 29.7 Å². The van der Waals surface area contributed by atoms with Crippen molar-refractivity contribution in [2.75, 3.05) is 13.1 Å². The second kappa shape index (κ2) is 6.96. The maximum absolute atomic E-state index is 12.6. The molecule has 3 heterocycles. The van der Waals surface area contributed by atoms with E-state index in [9.17, 15) is 4.79 Å². The Morgan fingerprint density at radius 1 is 1.27 bits per heavy atom. The monoisotopic (exact) mass is 352 g/mol. The van der Waals surface area contributed by atoms with E-state index >= 15 is 0 Å². The van der Waals surface area contributed by atoms with Crippen LogP contribution in [0.2, 0.25) is 0 Å². The fraction of sp³-hybridized carbons (Fsp3) is 0.400. The summed E-state index contributed by atoms with van der Waals surface area (Å²) in [6, 6.07) is 5.52. The molecule has 0 unspecified atom stereocenters. The summed E-state index contributed by atoms with van der Waals surface area (Å²) in [5.74, 6) is 0.630. The Bertz CT molecular complexity index is 1040. The number of rotatable bonds is 5. The first-order valence-electron chi connectivity index (χ1n) is 10.4. The highest BCUT2D eigenvalue weighted by atomic mass is 16.1. The minimum atomic E-state index is -2.31. The Morgan fingerprint density at radius 3 is 2.88 bits per heavy atom. The molecule has 26 heavy (non-hydrogen) atoms. The standard InChI is InChI=1S/C20H23N5O/c1-14(25-7-3-4-8-25)19(26)10-20-21-11-16-6-5-15(9-18(16)23-20)17-12-22-24(2)13-17/h5-6,9,11-14H,3-4,7-8,10H2,1-2H3/t14-/m0/s1/i2D3. The number of aromatic nitrogens is 4. The molecule has 6 nitrogen and oxygen atoms in total. The normalized spacial score (nSPS) is 18.4. The first-order valence-corrected chi connectivity index (χ1v) is 8.89. The van der Waals surface area contributed by atoms with Gasteiger partial charge in [-0.15, -0.1) is 0 Å². The number of benzene rings is 1. The molecule has 0 radical (unpaired) electrons. The molecule has 1 atom stereocenters. The van der Waals surface area contributed by atoms with Crippen molar-refractivity contribution in [3.63, 3.8) is 0 Å². The van der Waals surface area contributed by atoms with Crippen molar-refractivity contribution in [1.82, 2.24) is 24.6 Å². The van der Waals surface area contributed by atoms with Gasteiger partial charge in [0.15, 0.2) is 5.78 Å². The number of fused-ring (bicyclic) bond motifs is 1. The van der Waals surface area contributed by atoms with Crippen LogP contribution in [0.5, 0.6) is 0 Å². The second-order valence-corrected chi connectivity index (χ2v) is 6.80. The van der Waals surface area contributed by atoms with Gasteiger partial charge < -0.3 is 0 Å². The summed E-state index contributed by atoms with van der Waals surface area (Å²) >= 11 is 0. The van der Waals surface area contributed by atoms with Crippen LogP contribution in [-0.4, -0.2) is 49.6 Å². The van der Waals surface area contributed by atoms with Gasteiger partial charge in [0.25, 0.3) is 0 Å².